The van der Waals surface area contributed by atoms with Gasteiger partial charge in [0.1, 0.15) is 0 Å². The number of nitrogens with one attached hydrogen (secondary N) is 2. The number of aromatic carboxylic acids is 2. The van der Waals surface area contributed by atoms with E-state index in [4.69, 9.17) is 0 Å². The third kappa shape index (κ3) is 3.76. The van der Waals surface area contributed by atoms with E-state index >= 15 is 0 Å². The van der Waals surface area contributed by atoms with E-state index in [9.17, 15) is 29.4 Å². The first-order valence-electron chi connectivity index (χ1n) is 12.5. The molecule has 0 fully saturated rings. The minimum atomic E-state index is -1.22. The van der Waals surface area contributed by atoms with Gasteiger partial charge in [-0.3, -0.25) is 9.59 Å². The van der Waals surface area contributed by atoms with Crippen molar-refractivity contribution < 1.29 is 29.4 Å². The molecule has 0 unspecified atom stereocenters. The van der Waals surface area contributed by atoms with Crippen LogP contribution in [0.2, 0.25) is 0 Å². The van der Waals surface area contributed by atoms with Crippen molar-refractivity contribution in [2.24, 2.45) is 0 Å². The van der Waals surface area contributed by atoms with Gasteiger partial charge < -0.3 is 20.8 Å². The van der Waals surface area contributed by atoms with Crippen LogP contribution >= 0.6 is 0 Å². The maximum Gasteiger partial charge on any atom is 0.336 e. The van der Waals surface area contributed by atoms with Crippen molar-refractivity contribution in [3.8, 4) is 0 Å². The minimum Gasteiger partial charge on any atom is -0.478 e. The number of amides is 2. The predicted molar refractivity (Wildman–Crippen MR) is 147 cm³/mol. The van der Waals surface area contributed by atoms with Crippen molar-refractivity contribution in [1.29, 1.82) is 0 Å². The largest absolute Gasteiger partial charge is 0.478 e. The van der Waals surface area contributed by atoms with Gasteiger partial charge in [-0.1, -0.05) is 38.1 Å². The van der Waals surface area contributed by atoms with Gasteiger partial charge in [-0.2, -0.15) is 0 Å². The van der Waals surface area contributed by atoms with Gasteiger partial charge >= 0.3 is 11.9 Å². The van der Waals surface area contributed by atoms with Crippen LogP contribution in [0.5, 0.6) is 0 Å². The van der Waals surface area contributed by atoms with Crippen molar-refractivity contribution in [2.75, 3.05) is 13.1 Å². The van der Waals surface area contributed by atoms with E-state index in [-0.39, 0.29) is 28.3 Å². The molecule has 0 aromatic heterocycles. The smallest absolute Gasteiger partial charge is 0.336 e. The van der Waals surface area contributed by atoms with Crippen LogP contribution in [0.3, 0.4) is 0 Å². The fourth-order valence-corrected chi connectivity index (χ4v) is 5.29. The Hall–Kier alpha value is -4.72. The third-order valence-electron chi connectivity index (χ3n) is 6.92. The number of rotatable bonds is 8. The van der Waals surface area contributed by atoms with Crippen LogP contribution in [-0.2, 0) is 0 Å². The molecule has 0 aliphatic rings. The average molecular weight is 511 g/mol. The molecule has 8 nitrogen and oxygen atoms in total. The summed E-state index contributed by atoms with van der Waals surface area (Å²) in [6, 6.07) is 13.1. The van der Waals surface area contributed by atoms with Crippen molar-refractivity contribution in [2.45, 2.75) is 26.7 Å². The van der Waals surface area contributed by atoms with Crippen molar-refractivity contribution in [1.82, 2.24) is 10.6 Å². The van der Waals surface area contributed by atoms with Crippen molar-refractivity contribution in [3.63, 3.8) is 0 Å². The molecule has 0 spiro atoms. The summed E-state index contributed by atoms with van der Waals surface area (Å²) in [5.41, 5.74) is 0.525. The average Bonchev–Trinajstić information content (AvgIpc) is 2.91. The molecule has 0 aliphatic heterocycles. The molecule has 0 radical (unpaired) electrons. The van der Waals surface area contributed by atoms with E-state index in [0.717, 1.165) is 12.8 Å². The van der Waals surface area contributed by atoms with Crippen molar-refractivity contribution in [3.05, 3.63) is 70.8 Å². The lowest BCUT2D eigenvalue weighted by Crippen LogP contribution is -2.27. The molecule has 0 saturated heterocycles. The number of carbonyl (C=O) groups excluding carboxylic acids is 2. The zero-order valence-electron chi connectivity index (χ0n) is 21.0. The first kappa shape index (κ1) is 25.0. The second kappa shape index (κ2) is 9.63. The van der Waals surface area contributed by atoms with Gasteiger partial charge in [0.25, 0.3) is 11.8 Å². The monoisotopic (exact) mass is 510 g/mol. The predicted octanol–water partition coefficient (Wildman–Crippen LogP) is 5.41. The molecule has 5 aromatic carbocycles. The maximum atomic E-state index is 13.2. The van der Waals surface area contributed by atoms with Crippen molar-refractivity contribution >= 4 is 66.8 Å². The van der Waals surface area contributed by atoms with Gasteiger partial charge in [-0.05, 0) is 69.4 Å². The van der Waals surface area contributed by atoms with Crippen LogP contribution in [0.25, 0.3) is 43.1 Å². The highest BCUT2D eigenvalue weighted by Crippen LogP contribution is 2.44. The molecule has 8 heteroatoms. The van der Waals surface area contributed by atoms with Gasteiger partial charge in [0.15, 0.2) is 0 Å². The molecule has 0 heterocycles. The minimum absolute atomic E-state index is 0.103. The first-order valence-corrected chi connectivity index (χ1v) is 12.5. The number of carboxylic acid groups (broad SMARTS) is 2. The highest BCUT2D eigenvalue weighted by molar-refractivity contribution is 6.38. The summed E-state index contributed by atoms with van der Waals surface area (Å²) >= 11 is 0. The number of hydrogen-bond donors (Lipinski definition) is 4. The Morgan fingerprint density at radius 1 is 0.526 bits per heavy atom. The molecule has 0 atom stereocenters. The molecular formula is C30H26N2O6. The van der Waals surface area contributed by atoms with Gasteiger partial charge in [0.2, 0.25) is 0 Å². The van der Waals surface area contributed by atoms with E-state index < -0.39 is 11.9 Å². The maximum absolute atomic E-state index is 13.2. The topological polar surface area (TPSA) is 133 Å². The highest BCUT2D eigenvalue weighted by Gasteiger charge is 2.25. The molecule has 0 bridgehead atoms. The quantitative estimate of drug-likeness (QED) is 0.163. The second-order valence-electron chi connectivity index (χ2n) is 9.26. The molecule has 192 valence electrons. The normalized spacial score (nSPS) is 11.4. The number of fused-ring (bicyclic) bond motifs is 2. The Bertz CT molecular complexity index is 1670. The first-order chi connectivity index (χ1) is 18.3. The third-order valence-corrected chi connectivity index (χ3v) is 6.92. The van der Waals surface area contributed by atoms with E-state index in [2.05, 4.69) is 10.6 Å². The van der Waals surface area contributed by atoms with E-state index in [0.29, 0.717) is 61.9 Å². The van der Waals surface area contributed by atoms with Crippen LogP contribution in [0.4, 0.5) is 0 Å². The van der Waals surface area contributed by atoms with E-state index in [1.165, 1.54) is 12.1 Å². The molecule has 5 aromatic rings. The van der Waals surface area contributed by atoms with Gasteiger partial charge in [0.05, 0.1) is 11.1 Å². The molecule has 38 heavy (non-hydrogen) atoms. The summed E-state index contributed by atoms with van der Waals surface area (Å²) in [4.78, 5) is 50.6. The number of carbonyl (C=O) groups is 4. The van der Waals surface area contributed by atoms with Crippen LogP contribution in [0.1, 0.15) is 68.1 Å². The fourth-order valence-electron chi connectivity index (χ4n) is 5.29. The lowest BCUT2D eigenvalue weighted by atomic mass is 9.84. The van der Waals surface area contributed by atoms with Crippen LogP contribution in [0.15, 0.2) is 48.5 Å². The number of carboxylic acids is 2. The standard InChI is InChI=1S/C30H26N2O6/c1-3-13-31-27(33)19-9-5-15-17-7-11-21(29(35)36)26-22(30(37)38)12-8-18(24(17)26)16-6-10-20(25(19)23(15)16)28(34)32-14-4-2/h5-12H,3-4,13-14H2,1-2H3,(H,31,33)(H,32,34)(H,35,36)(H,37,38). The Balaban J connectivity index is 1.98. The SMILES string of the molecule is CCCNC(=O)c1ccc2c3ccc(C(=O)O)c4c(C(=O)O)ccc(c5ccc(C(=O)NCCC)c1c25)c43. The summed E-state index contributed by atoms with van der Waals surface area (Å²) in [6.07, 6.45) is 1.51. The highest BCUT2D eigenvalue weighted by atomic mass is 16.4. The zero-order chi connectivity index (χ0) is 27.1. The van der Waals surface area contributed by atoms with Gasteiger partial charge in [0, 0.05) is 35.0 Å². The van der Waals surface area contributed by atoms with Crippen LogP contribution in [-0.4, -0.2) is 47.1 Å². The fraction of sp³-hybridized carbons (Fsp3) is 0.200. The molecular weight excluding hydrogens is 484 g/mol. The number of hydrogen-bond acceptors (Lipinski definition) is 4. The summed E-state index contributed by atoms with van der Waals surface area (Å²) in [5, 5.41) is 30.1. The molecule has 5 rings (SSSR count). The van der Waals surface area contributed by atoms with E-state index in [1.807, 2.05) is 13.8 Å². The summed E-state index contributed by atoms with van der Waals surface area (Å²) in [6.45, 7) is 4.88. The lowest BCUT2D eigenvalue weighted by molar-refractivity contribution is 0.0695. The Morgan fingerprint density at radius 3 is 1.16 bits per heavy atom. The Morgan fingerprint density at radius 2 is 0.842 bits per heavy atom. The molecule has 2 amide bonds. The molecule has 4 N–H and O–H groups in total. The summed E-state index contributed by atoms with van der Waals surface area (Å²) < 4.78 is 0. The summed E-state index contributed by atoms with van der Waals surface area (Å²) in [7, 11) is 0. The summed E-state index contributed by atoms with van der Waals surface area (Å²) in [5.74, 6) is -3.03. The van der Waals surface area contributed by atoms with Gasteiger partial charge in [-0.25, -0.2) is 9.59 Å². The molecule has 0 aliphatic carbocycles. The Labute approximate surface area is 217 Å². The number of benzene rings is 5. The van der Waals surface area contributed by atoms with Crippen LogP contribution < -0.4 is 10.6 Å². The lowest BCUT2D eigenvalue weighted by Gasteiger charge is -2.20. The van der Waals surface area contributed by atoms with E-state index in [1.54, 1.807) is 36.4 Å². The second-order valence-corrected chi connectivity index (χ2v) is 9.26. The Kier molecular flexibility index (Phi) is 6.32. The molecule has 0 saturated carbocycles. The van der Waals surface area contributed by atoms with Crippen LogP contribution in [0, 0.1) is 0 Å². The zero-order valence-corrected chi connectivity index (χ0v) is 21.0. The van der Waals surface area contributed by atoms with Gasteiger partial charge in [-0.15, -0.1) is 0 Å².